The summed E-state index contributed by atoms with van der Waals surface area (Å²) in [5, 5.41) is 3.54. The van der Waals surface area contributed by atoms with Crippen molar-refractivity contribution in [2.75, 3.05) is 0 Å². The van der Waals surface area contributed by atoms with Crippen LogP contribution in [0.4, 0.5) is 0 Å². The first-order chi connectivity index (χ1) is 10.1. The predicted octanol–water partition coefficient (Wildman–Crippen LogP) is 4.51. The lowest BCUT2D eigenvalue weighted by Gasteiger charge is -2.15. The van der Waals surface area contributed by atoms with Gasteiger partial charge in [-0.05, 0) is 66.4 Å². The number of halogens is 1. The molecule has 3 nitrogen and oxygen atoms in total. The van der Waals surface area contributed by atoms with Crippen LogP contribution in [0.5, 0.6) is 11.6 Å². The number of benzene rings is 1. The van der Waals surface area contributed by atoms with Gasteiger partial charge in [0, 0.05) is 23.8 Å². The van der Waals surface area contributed by atoms with Crippen LogP contribution >= 0.6 is 15.9 Å². The quantitative estimate of drug-likeness (QED) is 0.864. The van der Waals surface area contributed by atoms with E-state index in [0.717, 1.165) is 28.0 Å². The van der Waals surface area contributed by atoms with Crippen molar-refractivity contribution in [3.8, 4) is 11.6 Å². The molecule has 1 fully saturated rings. The minimum atomic E-state index is 0.669. The Hall–Kier alpha value is -1.39. The Bertz CT molecular complexity index is 653. The first-order valence-corrected chi connectivity index (χ1v) is 8.05. The van der Waals surface area contributed by atoms with Crippen LogP contribution < -0.4 is 10.1 Å². The molecule has 0 atom stereocenters. The maximum Gasteiger partial charge on any atom is 0.224 e. The molecule has 1 aromatic carbocycles. The molecule has 1 heterocycles. The Morgan fingerprint density at radius 3 is 2.76 bits per heavy atom. The van der Waals surface area contributed by atoms with Gasteiger partial charge in [0.1, 0.15) is 5.75 Å². The summed E-state index contributed by atoms with van der Waals surface area (Å²) in [5.74, 6) is 1.50. The van der Waals surface area contributed by atoms with Gasteiger partial charge in [-0.2, -0.15) is 0 Å². The van der Waals surface area contributed by atoms with E-state index in [-0.39, 0.29) is 0 Å². The second-order valence-electron chi connectivity index (χ2n) is 5.55. The highest BCUT2D eigenvalue weighted by Crippen LogP contribution is 2.32. The molecule has 0 amide bonds. The number of nitrogens with zero attached hydrogens (tertiary/aromatic N) is 1. The van der Waals surface area contributed by atoms with E-state index in [2.05, 4.69) is 39.2 Å². The number of aromatic nitrogens is 1. The van der Waals surface area contributed by atoms with E-state index in [4.69, 9.17) is 4.74 Å². The molecule has 0 spiro atoms. The average Bonchev–Trinajstić information content (AvgIpc) is 3.24. The molecule has 0 aliphatic heterocycles. The maximum atomic E-state index is 6.06. The van der Waals surface area contributed by atoms with Gasteiger partial charge in [-0.1, -0.05) is 12.1 Å². The van der Waals surface area contributed by atoms with Crippen molar-refractivity contribution in [1.29, 1.82) is 0 Å². The summed E-state index contributed by atoms with van der Waals surface area (Å²) in [5.41, 5.74) is 3.34. The van der Waals surface area contributed by atoms with Crippen molar-refractivity contribution >= 4 is 15.9 Å². The maximum absolute atomic E-state index is 6.06. The van der Waals surface area contributed by atoms with Crippen LogP contribution in [0.3, 0.4) is 0 Å². The van der Waals surface area contributed by atoms with Gasteiger partial charge in [-0.3, -0.25) is 0 Å². The lowest BCUT2D eigenvalue weighted by molar-refractivity contribution is 0.448. The van der Waals surface area contributed by atoms with E-state index in [1.54, 1.807) is 0 Å². The average molecular weight is 347 g/mol. The summed E-state index contributed by atoms with van der Waals surface area (Å²) in [6, 6.07) is 10.6. The smallest absolute Gasteiger partial charge is 0.224 e. The van der Waals surface area contributed by atoms with Crippen LogP contribution in [0.1, 0.15) is 29.7 Å². The van der Waals surface area contributed by atoms with E-state index in [1.165, 1.54) is 18.4 Å². The van der Waals surface area contributed by atoms with Crippen LogP contribution in [0, 0.1) is 13.8 Å². The fourth-order valence-corrected chi connectivity index (χ4v) is 2.66. The fourth-order valence-electron chi connectivity index (χ4n) is 2.29. The second-order valence-corrected chi connectivity index (χ2v) is 6.41. The van der Waals surface area contributed by atoms with Crippen LogP contribution in [0.25, 0.3) is 0 Å². The zero-order valence-electron chi connectivity index (χ0n) is 12.3. The molecule has 0 saturated heterocycles. The summed E-state index contributed by atoms with van der Waals surface area (Å²) in [6.45, 7) is 4.92. The number of ether oxygens (including phenoxy) is 1. The third-order valence-electron chi connectivity index (χ3n) is 3.63. The van der Waals surface area contributed by atoms with Gasteiger partial charge in [0.2, 0.25) is 5.88 Å². The van der Waals surface area contributed by atoms with Crippen LogP contribution in [0.15, 0.2) is 34.8 Å². The Morgan fingerprint density at radius 2 is 2.05 bits per heavy atom. The van der Waals surface area contributed by atoms with Crippen LogP contribution in [-0.4, -0.2) is 11.0 Å². The van der Waals surface area contributed by atoms with Gasteiger partial charge in [0.15, 0.2) is 0 Å². The highest BCUT2D eigenvalue weighted by Gasteiger charge is 2.22. The highest BCUT2D eigenvalue weighted by atomic mass is 79.9. The molecule has 0 unspecified atom stereocenters. The zero-order valence-corrected chi connectivity index (χ0v) is 13.9. The van der Waals surface area contributed by atoms with E-state index in [0.29, 0.717) is 11.9 Å². The molecule has 0 radical (unpaired) electrons. The Balaban J connectivity index is 1.89. The van der Waals surface area contributed by atoms with Gasteiger partial charge in [0.25, 0.3) is 0 Å². The normalized spacial score (nSPS) is 14.2. The molecule has 1 saturated carbocycles. The second kappa shape index (κ2) is 6.16. The molecule has 1 N–H and O–H groups in total. The van der Waals surface area contributed by atoms with Crippen molar-refractivity contribution in [1.82, 2.24) is 10.3 Å². The Morgan fingerprint density at radius 1 is 1.29 bits per heavy atom. The van der Waals surface area contributed by atoms with E-state index < -0.39 is 0 Å². The third-order valence-corrected chi connectivity index (χ3v) is 4.28. The number of rotatable bonds is 5. The van der Waals surface area contributed by atoms with Gasteiger partial charge >= 0.3 is 0 Å². The van der Waals surface area contributed by atoms with E-state index >= 15 is 0 Å². The number of nitrogens with one attached hydrogen (secondary N) is 1. The van der Waals surface area contributed by atoms with Crippen molar-refractivity contribution in [3.05, 3.63) is 51.6 Å². The monoisotopic (exact) mass is 346 g/mol. The molecule has 1 aromatic heterocycles. The minimum absolute atomic E-state index is 0.669. The first-order valence-electron chi connectivity index (χ1n) is 7.26. The molecule has 1 aliphatic carbocycles. The third kappa shape index (κ3) is 3.63. The predicted molar refractivity (Wildman–Crippen MR) is 87.8 cm³/mol. The van der Waals surface area contributed by atoms with E-state index in [1.807, 2.05) is 31.2 Å². The first kappa shape index (κ1) is 14.5. The summed E-state index contributed by atoms with van der Waals surface area (Å²) in [4.78, 5) is 4.59. The molecule has 1 aliphatic rings. The van der Waals surface area contributed by atoms with Crippen LogP contribution in [0.2, 0.25) is 0 Å². The topological polar surface area (TPSA) is 34.1 Å². The van der Waals surface area contributed by atoms with Gasteiger partial charge in [-0.15, -0.1) is 0 Å². The number of hydrogen-bond acceptors (Lipinski definition) is 3. The van der Waals surface area contributed by atoms with Crippen molar-refractivity contribution < 1.29 is 4.74 Å². The van der Waals surface area contributed by atoms with Gasteiger partial charge < -0.3 is 10.1 Å². The molecular formula is C17H19BrN2O. The van der Waals surface area contributed by atoms with Crippen LogP contribution in [-0.2, 0) is 6.54 Å². The molecule has 3 rings (SSSR count). The molecule has 0 bridgehead atoms. The molecular weight excluding hydrogens is 328 g/mol. The largest absolute Gasteiger partial charge is 0.437 e. The lowest BCUT2D eigenvalue weighted by Crippen LogP contribution is -2.17. The van der Waals surface area contributed by atoms with Crippen molar-refractivity contribution in [2.45, 2.75) is 39.3 Å². The number of aryl methyl sites for hydroxylation is 2. The van der Waals surface area contributed by atoms with Gasteiger partial charge in [-0.25, -0.2) is 4.98 Å². The van der Waals surface area contributed by atoms with Gasteiger partial charge in [0.05, 0.1) is 4.47 Å². The lowest BCUT2D eigenvalue weighted by atomic mass is 10.1. The summed E-state index contributed by atoms with van der Waals surface area (Å²) in [6.07, 6.45) is 2.55. The summed E-state index contributed by atoms with van der Waals surface area (Å²) < 4.78 is 6.99. The number of pyridine rings is 1. The standard InChI is InChI=1S/C17H19BrN2O/c1-11-9-12(2)20-17(14(11)10-19-13-7-8-13)21-16-6-4-3-5-15(16)18/h3-6,9,13,19H,7-8,10H2,1-2H3. The van der Waals surface area contributed by atoms with Crippen molar-refractivity contribution in [3.63, 3.8) is 0 Å². The molecule has 4 heteroatoms. The van der Waals surface area contributed by atoms with E-state index in [9.17, 15) is 0 Å². The molecule has 2 aromatic rings. The highest BCUT2D eigenvalue weighted by molar-refractivity contribution is 9.10. The zero-order chi connectivity index (χ0) is 14.8. The summed E-state index contributed by atoms with van der Waals surface area (Å²) >= 11 is 3.52. The fraction of sp³-hybridized carbons (Fsp3) is 0.353. The number of hydrogen-bond donors (Lipinski definition) is 1. The molecule has 110 valence electrons. The SMILES string of the molecule is Cc1cc(C)c(CNC2CC2)c(Oc2ccccc2Br)n1. The van der Waals surface area contributed by atoms with Crippen molar-refractivity contribution in [2.24, 2.45) is 0 Å². The molecule has 21 heavy (non-hydrogen) atoms. The minimum Gasteiger partial charge on any atom is -0.437 e. The number of para-hydroxylation sites is 1. The summed E-state index contributed by atoms with van der Waals surface area (Å²) in [7, 11) is 0. The Labute approximate surface area is 133 Å². The Kier molecular flexibility index (Phi) is 4.27.